The highest BCUT2D eigenvalue weighted by atomic mass is 32.2. The smallest absolute Gasteiger partial charge is 0.243 e. The quantitative estimate of drug-likeness (QED) is 0.900. The number of fused-ring (bicyclic) bond motifs is 1. The van der Waals surface area contributed by atoms with Crippen molar-refractivity contribution >= 4 is 10.0 Å². The van der Waals surface area contributed by atoms with Crippen LogP contribution >= 0.6 is 0 Å². The Labute approximate surface area is 119 Å². The summed E-state index contributed by atoms with van der Waals surface area (Å²) in [6.45, 7) is 5.10. The van der Waals surface area contributed by atoms with Crippen molar-refractivity contribution in [3.05, 3.63) is 29.6 Å². The summed E-state index contributed by atoms with van der Waals surface area (Å²) in [5.74, 6) is -0.103. The van der Waals surface area contributed by atoms with E-state index < -0.39 is 15.8 Å². The van der Waals surface area contributed by atoms with Gasteiger partial charge in [0.1, 0.15) is 5.82 Å². The van der Waals surface area contributed by atoms with Gasteiger partial charge in [0, 0.05) is 18.6 Å². The molecule has 0 radical (unpaired) electrons. The molecule has 0 aliphatic carbocycles. The molecule has 2 saturated heterocycles. The van der Waals surface area contributed by atoms with E-state index in [4.69, 9.17) is 0 Å². The molecule has 0 spiro atoms. The van der Waals surface area contributed by atoms with Gasteiger partial charge < -0.3 is 5.32 Å². The zero-order valence-electron chi connectivity index (χ0n) is 11.6. The molecule has 1 aromatic rings. The largest absolute Gasteiger partial charge is 0.315 e. The van der Waals surface area contributed by atoms with Crippen LogP contribution in [0.1, 0.15) is 18.9 Å². The maximum absolute atomic E-state index is 13.7. The fourth-order valence-corrected chi connectivity index (χ4v) is 5.30. The molecular weight excluding hydrogens is 279 g/mol. The number of nitrogens with zero attached hydrogens (tertiary/aromatic N) is 1. The summed E-state index contributed by atoms with van der Waals surface area (Å²) < 4.78 is 40.8. The van der Waals surface area contributed by atoms with Gasteiger partial charge in [-0.25, -0.2) is 12.8 Å². The molecule has 4 nitrogen and oxygen atoms in total. The van der Waals surface area contributed by atoms with Gasteiger partial charge in [0.25, 0.3) is 0 Å². The number of benzene rings is 1. The van der Waals surface area contributed by atoms with E-state index in [-0.39, 0.29) is 17.0 Å². The highest BCUT2D eigenvalue weighted by Gasteiger charge is 2.47. The monoisotopic (exact) mass is 298 g/mol. The molecule has 1 aromatic carbocycles. The van der Waals surface area contributed by atoms with Gasteiger partial charge in [0.2, 0.25) is 10.0 Å². The van der Waals surface area contributed by atoms with E-state index >= 15 is 0 Å². The van der Waals surface area contributed by atoms with E-state index in [1.165, 1.54) is 12.1 Å². The second-order valence-electron chi connectivity index (χ2n) is 5.82. The van der Waals surface area contributed by atoms with Gasteiger partial charge in [0.05, 0.1) is 4.90 Å². The molecular formula is C14H19FN2O2S. The van der Waals surface area contributed by atoms with Gasteiger partial charge in [-0.15, -0.1) is 0 Å². The molecule has 3 rings (SSSR count). The molecule has 3 unspecified atom stereocenters. The summed E-state index contributed by atoms with van der Waals surface area (Å²) in [6, 6.07) is 4.12. The standard InChI is InChI=1S/C14H19FN2O2S/c1-9-3-4-12(6-13(9)15)20(18,19)17-10(2)5-11-7-16-8-14(11)17/h3-4,6,10-11,14,16H,5,7-8H2,1-2H3. The van der Waals surface area contributed by atoms with E-state index in [9.17, 15) is 12.8 Å². The van der Waals surface area contributed by atoms with Crippen molar-refractivity contribution in [3.63, 3.8) is 0 Å². The predicted molar refractivity (Wildman–Crippen MR) is 74.4 cm³/mol. The van der Waals surface area contributed by atoms with Gasteiger partial charge >= 0.3 is 0 Å². The highest BCUT2D eigenvalue weighted by Crippen LogP contribution is 2.36. The molecule has 3 atom stereocenters. The number of hydrogen-bond acceptors (Lipinski definition) is 3. The van der Waals surface area contributed by atoms with Crippen molar-refractivity contribution in [1.82, 2.24) is 9.62 Å². The number of aryl methyl sites for hydroxylation is 1. The summed E-state index contributed by atoms with van der Waals surface area (Å²) in [4.78, 5) is 0.0556. The molecule has 1 N–H and O–H groups in total. The van der Waals surface area contributed by atoms with Crippen LogP contribution in [-0.2, 0) is 10.0 Å². The molecule has 110 valence electrons. The first-order valence-corrected chi connectivity index (χ1v) is 8.35. The van der Waals surface area contributed by atoms with Crippen LogP contribution in [-0.4, -0.2) is 37.9 Å². The zero-order chi connectivity index (χ0) is 14.5. The molecule has 6 heteroatoms. The number of sulfonamides is 1. The maximum Gasteiger partial charge on any atom is 0.243 e. The Bertz CT molecular complexity index is 632. The summed E-state index contributed by atoms with van der Waals surface area (Å²) in [5.41, 5.74) is 0.457. The zero-order valence-corrected chi connectivity index (χ0v) is 12.5. The Morgan fingerprint density at radius 1 is 1.35 bits per heavy atom. The molecule has 0 amide bonds. The van der Waals surface area contributed by atoms with Crippen LogP contribution in [0.25, 0.3) is 0 Å². The Morgan fingerprint density at radius 2 is 2.10 bits per heavy atom. The molecule has 2 heterocycles. The second-order valence-corrected chi connectivity index (χ2v) is 7.66. The first-order chi connectivity index (χ1) is 9.41. The molecule has 0 saturated carbocycles. The normalized spacial score (nSPS) is 30.6. The lowest BCUT2D eigenvalue weighted by Crippen LogP contribution is -2.42. The summed E-state index contributed by atoms with van der Waals surface area (Å²) >= 11 is 0. The van der Waals surface area contributed by atoms with Crippen molar-refractivity contribution in [1.29, 1.82) is 0 Å². The Balaban J connectivity index is 2.00. The number of nitrogens with one attached hydrogen (secondary N) is 1. The molecule has 20 heavy (non-hydrogen) atoms. The van der Waals surface area contributed by atoms with Gasteiger partial charge in [0.15, 0.2) is 0 Å². The molecule has 2 fully saturated rings. The fourth-order valence-electron chi connectivity index (χ4n) is 3.40. The van der Waals surface area contributed by atoms with Crippen molar-refractivity contribution in [2.24, 2.45) is 5.92 Å². The van der Waals surface area contributed by atoms with E-state index in [1.807, 2.05) is 6.92 Å². The van der Waals surface area contributed by atoms with Crippen LogP contribution in [0.4, 0.5) is 4.39 Å². The van der Waals surface area contributed by atoms with Gasteiger partial charge in [-0.3, -0.25) is 0 Å². The summed E-state index contributed by atoms with van der Waals surface area (Å²) in [6.07, 6.45) is 0.866. The average Bonchev–Trinajstić information content (AvgIpc) is 2.91. The predicted octanol–water partition coefficient (Wildman–Crippen LogP) is 1.51. The van der Waals surface area contributed by atoms with E-state index in [0.717, 1.165) is 19.0 Å². The molecule has 2 aliphatic heterocycles. The van der Waals surface area contributed by atoms with Crippen LogP contribution in [0.5, 0.6) is 0 Å². The molecule has 2 aliphatic rings. The van der Waals surface area contributed by atoms with Crippen LogP contribution in [0.15, 0.2) is 23.1 Å². The Kier molecular flexibility index (Phi) is 3.35. The van der Waals surface area contributed by atoms with Crippen molar-refractivity contribution in [2.75, 3.05) is 13.1 Å². The first-order valence-electron chi connectivity index (χ1n) is 6.91. The van der Waals surface area contributed by atoms with Crippen LogP contribution < -0.4 is 5.32 Å². The lowest BCUT2D eigenvalue weighted by molar-refractivity contribution is 0.335. The third kappa shape index (κ3) is 2.06. The fraction of sp³-hybridized carbons (Fsp3) is 0.571. The Morgan fingerprint density at radius 3 is 2.80 bits per heavy atom. The average molecular weight is 298 g/mol. The highest BCUT2D eigenvalue weighted by molar-refractivity contribution is 7.89. The summed E-state index contributed by atoms with van der Waals surface area (Å²) in [7, 11) is -3.63. The first kappa shape index (κ1) is 14.0. The van der Waals surface area contributed by atoms with Crippen LogP contribution in [0.2, 0.25) is 0 Å². The van der Waals surface area contributed by atoms with Crippen LogP contribution in [0.3, 0.4) is 0 Å². The van der Waals surface area contributed by atoms with Crippen molar-refractivity contribution in [2.45, 2.75) is 37.2 Å². The minimum Gasteiger partial charge on any atom is -0.315 e. The number of halogens is 1. The lowest BCUT2D eigenvalue weighted by Gasteiger charge is -2.26. The topological polar surface area (TPSA) is 49.4 Å². The number of rotatable bonds is 2. The SMILES string of the molecule is Cc1ccc(S(=O)(=O)N2C(C)CC3CNCC32)cc1F. The van der Waals surface area contributed by atoms with Gasteiger partial charge in [-0.1, -0.05) is 6.07 Å². The van der Waals surface area contributed by atoms with Crippen molar-refractivity contribution < 1.29 is 12.8 Å². The third-order valence-electron chi connectivity index (χ3n) is 4.43. The molecule has 0 bridgehead atoms. The Hall–Kier alpha value is -0.980. The minimum absolute atomic E-state index is 0.000589. The minimum atomic E-state index is -3.63. The maximum atomic E-state index is 13.7. The summed E-state index contributed by atoms with van der Waals surface area (Å²) in [5, 5.41) is 3.24. The second kappa shape index (κ2) is 4.79. The van der Waals surface area contributed by atoms with Gasteiger partial charge in [-0.2, -0.15) is 4.31 Å². The third-order valence-corrected chi connectivity index (χ3v) is 6.46. The van der Waals surface area contributed by atoms with Crippen LogP contribution in [0, 0.1) is 18.7 Å². The van der Waals surface area contributed by atoms with Gasteiger partial charge in [-0.05, 0) is 50.4 Å². The number of hydrogen-bond donors (Lipinski definition) is 1. The van der Waals surface area contributed by atoms with E-state index in [0.29, 0.717) is 18.0 Å². The molecule has 0 aromatic heterocycles. The van der Waals surface area contributed by atoms with E-state index in [1.54, 1.807) is 11.2 Å². The van der Waals surface area contributed by atoms with Crippen molar-refractivity contribution in [3.8, 4) is 0 Å². The van der Waals surface area contributed by atoms with E-state index in [2.05, 4.69) is 5.32 Å². The lowest BCUT2D eigenvalue weighted by atomic mass is 10.0.